The van der Waals surface area contributed by atoms with Crippen LogP contribution in [0.4, 0.5) is 0 Å². The third kappa shape index (κ3) is 18.9. The highest BCUT2D eigenvalue weighted by atomic mass is 16.5. The van der Waals surface area contributed by atoms with Crippen molar-refractivity contribution in [3.8, 4) is 0 Å². The monoisotopic (exact) mass is 303 g/mol. The predicted octanol–water partition coefficient (Wildman–Crippen LogP) is 3.32. The highest BCUT2D eigenvalue weighted by molar-refractivity contribution is 5.71. The Balaban J connectivity index is 0. The van der Waals surface area contributed by atoms with E-state index >= 15 is 0 Å². The van der Waals surface area contributed by atoms with Gasteiger partial charge in [0.05, 0.1) is 0 Å². The van der Waals surface area contributed by atoms with Crippen LogP contribution in [0.25, 0.3) is 0 Å². The van der Waals surface area contributed by atoms with Gasteiger partial charge in [0.25, 0.3) is 0 Å². The lowest BCUT2D eigenvalue weighted by Crippen LogP contribution is -2.29. The zero-order chi connectivity index (χ0) is 16.5. The average Bonchev–Trinajstić information content (AvgIpc) is 2.39. The van der Waals surface area contributed by atoms with Gasteiger partial charge in [-0.1, -0.05) is 34.1 Å². The summed E-state index contributed by atoms with van der Waals surface area (Å²) >= 11 is 0. The highest BCUT2D eigenvalue weighted by Crippen LogP contribution is 1.99. The molecule has 0 atom stereocenters. The molecule has 5 heteroatoms. The smallest absolute Gasteiger partial charge is 0.305 e. The molecule has 0 amide bonds. The lowest BCUT2D eigenvalue weighted by Gasteiger charge is -2.20. The van der Waals surface area contributed by atoms with Crippen LogP contribution >= 0.6 is 0 Å². The van der Waals surface area contributed by atoms with E-state index in [-0.39, 0.29) is 18.8 Å². The van der Waals surface area contributed by atoms with Crippen LogP contribution in [-0.4, -0.2) is 48.2 Å². The quantitative estimate of drug-likeness (QED) is 0.593. The van der Waals surface area contributed by atoms with E-state index in [4.69, 9.17) is 9.84 Å². The summed E-state index contributed by atoms with van der Waals surface area (Å²) in [4.78, 5) is 23.8. The van der Waals surface area contributed by atoms with Gasteiger partial charge < -0.3 is 9.84 Å². The molecule has 0 fully saturated rings. The summed E-state index contributed by atoms with van der Waals surface area (Å²) in [6.07, 6.45) is 3.99. The summed E-state index contributed by atoms with van der Waals surface area (Å²) in [6.45, 7) is 11.7. The first-order valence-electron chi connectivity index (χ1n) is 8.11. The van der Waals surface area contributed by atoms with Crippen molar-refractivity contribution in [3.05, 3.63) is 0 Å². The van der Waals surface area contributed by atoms with E-state index in [0.717, 1.165) is 32.5 Å². The van der Waals surface area contributed by atoms with E-state index in [1.54, 1.807) is 0 Å². The number of aliphatic carboxylic acids is 1. The fourth-order valence-electron chi connectivity index (χ4n) is 1.71. The maximum atomic E-state index is 11.3. The van der Waals surface area contributed by atoms with Crippen molar-refractivity contribution >= 4 is 11.9 Å². The van der Waals surface area contributed by atoms with Crippen LogP contribution in [0.2, 0.25) is 0 Å². The minimum absolute atomic E-state index is 0.0207. The fourth-order valence-corrected chi connectivity index (χ4v) is 1.71. The minimum Gasteiger partial charge on any atom is -0.481 e. The molecule has 0 spiro atoms. The van der Waals surface area contributed by atoms with Crippen molar-refractivity contribution in [2.24, 2.45) is 0 Å². The summed E-state index contributed by atoms with van der Waals surface area (Å²) in [5.74, 6) is -1.18. The van der Waals surface area contributed by atoms with Crippen molar-refractivity contribution in [3.63, 3.8) is 0 Å². The molecule has 0 rings (SSSR count). The molecule has 1 N–H and O–H groups in total. The SMILES string of the molecule is CCC.CCCN(CCC)CCOC(=O)CCCC(=O)O. The number of rotatable bonds is 11. The van der Waals surface area contributed by atoms with E-state index in [1.165, 1.54) is 6.42 Å². The Hall–Kier alpha value is -1.10. The Morgan fingerprint density at radius 2 is 1.48 bits per heavy atom. The van der Waals surface area contributed by atoms with E-state index < -0.39 is 5.97 Å². The summed E-state index contributed by atoms with van der Waals surface area (Å²) in [7, 11) is 0. The van der Waals surface area contributed by atoms with Gasteiger partial charge in [-0.3, -0.25) is 14.5 Å². The lowest BCUT2D eigenvalue weighted by molar-refractivity contribution is -0.144. The molecule has 0 heterocycles. The zero-order valence-corrected chi connectivity index (χ0v) is 14.2. The van der Waals surface area contributed by atoms with Gasteiger partial charge in [-0.15, -0.1) is 0 Å². The molecule has 21 heavy (non-hydrogen) atoms. The normalized spacial score (nSPS) is 9.95. The molecule has 0 aromatic heterocycles. The van der Waals surface area contributed by atoms with Crippen LogP contribution < -0.4 is 0 Å². The predicted molar refractivity (Wildman–Crippen MR) is 85.4 cm³/mol. The Morgan fingerprint density at radius 3 is 1.90 bits per heavy atom. The molecule has 0 saturated heterocycles. The molecule has 0 aliphatic carbocycles. The Kier molecular flexibility index (Phi) is 17.9. The molecular weight excluding hydrogens is 270 g/mol. The maximum Gasteiger partial charge on any atom is 0.305 e. The van der Waals surface area contributed by atoms with Gasteiger partial charge in [-0.05, 0) is 32.4 Å². The van der Waals surface area contributed by atoms with Crippen LogP contribution in [-0.2, 0) is 14.3 Å². The molecule has 0 aromatic rings. The molecule has 0 unspecified atom stereocenters. The lowest BCUT2D eigenvalue weighted by atomic mass is 10.2. The first-order valence-corrected chi connectivity index (χ1v) is 8.11. The van der Waals surface area contributed by atoms with Crippen LogP contribution in [0.3, 0.4) is 0 Å². The van der Waals surface area contributed by atoms with E-state index in [0.29, 0.717) is 13.0 Å². The minimum atomic E-state index is -0.875. The number of carbonyl (C=O) groups excluding carboxylic acids is 1. The van der Waals surface area contributed by atoms with E-state index in [1.807, 2.05) is 0 Å². The van der Waals surface area contributed by atoms with Crippen molar-refractivity contribution in [1.82, 2.24) is 4.90 Å². The topological polar surface area (TPSA) is 66.8 Å². The standard InChI is InChI=1S/C13H25NO4.C3H8/c1-3-8-14(9-4-2)10-11-18-13(17)7-5-6-12(15)16;1-3-2/h3-11H2,1-2H3,(H,15,16);3H2,1-2H3. The number of ether oxygens (including phenoxy) is 1. The Bertz CT molecular complexity index is 251. The van der Waals surface area contributed by atoms with Crippen LogP contribution in [0.1, 0.15) is 66.2 Å². The van der Waals surface area contributed by atoms with Crippen LogP contribution in [0.5, 0.6) is 0 Å². The molecule has 5 nitrogen and oxygen atoms in total. The average molecular weight is 303 g/mol. The van der Waals surface area contributed by atoms with Crippen molar-refractivity contribution < 1.29 is 19.4 Å². The second-order valence-electron chi connectivity index (χ2n) is 5.02. The van der Waals surface area contributed by atoms with Crippen LogP contribution in [0.15, 0.2) is 0 Å². The van der Waals surface area contributed by atoms with E-state index in [9.17, 15) is 9.59 Å². The Labute approximate surface area is 129 Å². The second-order valence-corrected chi connectivity index (χ2v) is 5.02. The van der Waals surface area contributed by atoms with Gasteiger partial charge >= 0.3 is 11.9 Å². The molecule has 0 saturated carbocycles. The first kappa shape index (κ1) is 22.2. The van der Waals surface area contributed by atoms with E-state index in [2.05, 4.69) is 32.6 Å². The number of carbonyl (C=O) groups is 2. The summed E-state index contributed by atoms with van der Waals surface area (Å²) in [6, 6.07) is 0. The highest BCUT2D eigenvalue weighted by Gasteiger charge is 2.07. The van der Waals surface area contributed by atoms with Crippen LogP contribution in [0, 0.1) is 0 Å². The molecule has 126 valence electrons. The first-order chi connectivity index (χ1) is 10.0. The Morgan fingerprint density at radius 1 is 0.952 bits per heavy atom. The largest absolute Gasteiger partial charge is 0.481 e. The number of esters is 1. The third-order valence-corrected chi connectivity index (χ3v) is 2.52. The summed E-state index contributed by atoms with van der Waals surface area (Å²) < 4.78 is 5.07. The third-order valence-electron chi connectivity index (χ3n) is 2.52. The zero-order valence-electron chi connectivity index (χ0n) is 14.2. The number of hydrogen-bond acceptors (Lipinski definition) is 4. The van der Waals surface area contributed by atoms with Gasteiger partial charge in [0.1, 0.15) is 6.61 Å². The number of carboxylic acids is 1. The number of carboxylic acid groups (broad SMARTS) is 1. The molecule has 0 radical (unpaired) electrons. The molecular formula is C16H33NO4. The van der Waals surface area contributed by atoms with Crippen molar-refractivity contribution in [1.29, 1.82) is 0 Å². The van der Waals surface area contributed by atoms with Gasteiger partial charge in [-0.25, -0.2) is 0 Å². The fraction of sp³-hybridized carbons (Fsp3) is 0.875. The number of hydrogen-bond donors (Lipinski definition) is 1. The van der Waals surface area contributed by atoms with Gasteiger partial charge in [0, 0.05) is 19.4 Å². The summed E-state index contributed by atoms with van der Waals surface area (Å²) in [5.41, 5.74) is 0. The molecule has 0 aromatic carbocycles. The summed E-state index contributed by atoms with van der Waals surface area (Å²) in [5, 5.41) is 8.43. The number of nitrogens with zero attached hydrogens (tertiary/aromatic N) is 1. The molecule has 0 bridgehead atoms. The maximum absolute atomic E-state index is 11.3. The second kappa shape index (κ2) is 17.0. The van der Waals surface area contributed by atoms with Crippen molar-refractivity contribution in [2.45, 2.75) is 66.2 Å². The molecule has 0 aliphatic rings. The van der Waals surface area contributed by atoms with Gasteiger partial charge in [-0.2, -0.15) is 0 Å². The van der Waals surface area contributed by atoms with Crippen molar-refractivity contribution in [2.75, 3.05) is 26.2 Å². The van der Waals surface area contributed by atoms with Gasteiger partial charge in [0.15, 0.2) is 0 Å². The van der Waals surface area contributed by atoms with Gasteiger partial charge in [0.2, 0.25) is 0 Å². The molecule has 0 aliphatic heterocycles.